The van der Waals surface area contributed by atoms with Gasteiger partial charge >= 0.3 is 0 Å². The van der Waals surface area contributed by atoms with Crippen LogP contribution in [0.4, 0.5) is 0 Å². The van der Waals surface area contributed by atoms with E-state index >= 15 is 0 Å². The molecule has 0 radical (unpaired) electrons. The molecular weight excluding hydrogens is 312 g/mol. The van der Waals surface area contributed by atoms with Crippen LogP contribution in [0.5, 0.6) is 0 Å². The van der Waals surface area contributed by atoms with Gasteiger partial charge in [-0.15, -0.1) is 25.0 Å². The first kappa shape index (κ1) is 21.9. The summed E-state index contributed by atoms with van der Waals surface area (Å²) in [7, 11) is 0. The van der Waals surface area contributed by atoms with Gasteiger partial charge in [0.1, 0.15) is 0 Å². The van der Waals surface area contributed by atoms with E-state index in [0.29, 0.717) is 0 Å². The summed E-state index contributed by atoms with van der Waals surface area (Å²) in [5.74, 6) is 14.0. The highest BCUT2D eigenvalue weighted by Gasteiger charge is 2.10. The van der Waals surface area contributed by atoms with Gasteiger partial charge in [0, 0.05) is 24.7 Å². The predicted octanol–water partition coefficient (Wildman–Crippen LogP) is 7.39. The highest BCUT2D eigenvalue weighted by Crippen LogP contribution is 2.24. The molecule has 2 unspecified atom stereocenters. The summed E-state index contributed by atoms with van der Waals surface area (Å²) in [4.78, 5) is 0. The molecule has 0 aliphatic carbocycles. The molecule has 0 amide bonds. The lowest BCUT2D eigenvalue weighted by molar-refractivity contribution is 0.822. The zero-order valence-corrected chi connectivity index (χ0v) is 16.7. The summed E-state index contributed by atoms with van der Waals surface area (Å²) < 4.78 is 0. The van der Waals surface area contributed by atoms with E-state index in [1.807, 2.05) is 12.2 Å². The number of hydrogen-bond donors (Lipinski definition) is 0. The minimum absolute atomic E-state index is 0.242. The smallest absolute Gasteiger partial charge is 0.0486 e. The average Bonchev–Trinajstić information content (AvgIpc) is 2.67. The van der Waals surface area contributed by atoms with Crippen LogP contribution in [0.1, 0.15) is 88.2 Å². The van der Waals surface area contributed by atoms with Crippen LogP contribution in [-0.2, 0) is 0 Å². The summed E-state index contributed by atoms with van der Waals surface area (Å²) in [5, 5.41) is 0. The van der Waals surface area contributed by atoms with Crippen molar-refractivity contribution in [1.82, 2.24) is 0 Å². The highest BCUT2D eigenvalue weighted by atomic mass is 14.1. The fourth-order valence-corrected chi connectivity index (χ4v) is 2.77. The molecule has 0 fully saturated rings. The molecule has 0 spiro atoms. The second kappa shape index (κ2) is 14.0. The highest BCUT2D eigenvalue weighted by molar-refractivity contribution is 5.36. The van der Waals surface area contributed by atoms with Crippen LogP contribution >= 0.6 is 0 Å². The number of hydrogen-bond acceptors (Lipinski definition) is 0. The van der Waals surface area contributed by atoms with E-state index in [1.165, 1.54) is 36.8 Å². The fourth-order valence-electron chi connectivity index (χ4n) is 2.77. The van der Waals surface area contributed by atoms with Crippen molar-refractivity contribution in [2.24, 2.45) is 0 Å². The molecule has 26 heavy (non-hydrogen) atoms. The van der Waals surface area contributed by atoms with Crippen LogP contribution in [-0.4, -0.2) is 0 Å². The van der Waals surface area contributed by atoms with Crippen molar-refractivity contribution < 1.29 is 0 Å². The van der Waals surface area contributed by atoms with E-state index in [9.17, 15) is 0 Å². The second-order valence-corrected chi connectivity index (χ2v) is 6.67. The largest absolute Gasteiger partial charge is 0.103 e. The van der Waals surface area contributed by atoms with Crippen LogP contribution in [0, 0.1) is 23.7 Å². The molecule has 0 heterocycles. The Morgan fingerprint density at radius 2 is 1.15 bits per heavy atom. The Labute approximate surface area is 161 Å². The lowest BCUT2D eigenvalue weighted by Gasteiger charge is -2.13. The number of rotatable bonds is 10. The van der Waals surface area contributed by atoms with Crippen LogP contribution < -0.4 is 0 Å². The van der Waals surface area contributed by atoms with E-state index in [1.54, 1.807) is 0 Å². The van der Waals surface area contributed by atoms with Gasteiger partial charge in [-0.2, -0.15) is 0 Å². The molecule has 0 N–H and O–H groups in total. The van der Waals surface area contributed by atoms with Gasteiger partial charge in [-0.3, -0.25) is 0 Å². The molecule has 0 saturated heterocycles. The van der Waals surface area contributed by atoms with E-state index in [4.69, 9.17) is 0 Å². The van der Waals surface area contributed by atoms with Gasteiger partial charge in [0.05, 0.1) is 0 Å². The SMILES string of the molecule is C=CCC(C#CCCCC)c1ccc(C(C#CCCCC)CC=C)cc1. The third-order valence-electron chi connectivity index (χ3n) is 4.41. The first-order valence-electron chi connectivity index (χ1n) is 10.0. The standard InChI is InChI=1S/C26H34/c1-5-9-11-13-17-23(15-7-3)25-19-21-26(22-20-25)24(16-8-4)18-14-12-10-6-2/h7-8,19-24H,3-6,9-12,15-16H2,1-2H3. The van der Waals surface area contributed by atoms with Gasteiger partial charge in [0.2, 0.25) is 0 Å². The maximum Gasteiger partial charge on any atom is 0.0486 e. The molecule has 0 aliphatic heterocycles. The van der Waals surface area contributed by atoms with Crippen molar-refractivity contribution in [2.75, 3.05) is 0 Å². The van der Waals surface area contributed by atoms with Crippen molar-refractivity contribution in [3.8, 4) is 23.7 Å². The van der Waals surface area contributed by atoms with Gasteiger partial charge in [-0.05, 0) is 36.8 Å². The van der Waals surface area contributed by atoms with E-state index in [-0.39, 0.29) is 11.8 Å². The Bertz CT molecular complexity index is 580. The quantitative estimate of drug-likeness (QED) is 0.235. The third-order valence-corrected chi connectivity index (χ3v) is 4.41. The topological polar surface area (TPSA) is 0 Å². The van der Waals surface area contributed by atoms with Gasteiger partial charge in [0.15, 0.2) is 0 Å². The molecule has 1 aromatic carbocycles. The van der Waals surface area contributed by atoms with Crippen molar-refractivity contribution in [2.45, 2.75) is 77.0 Å². The van der Waals surface area contributed by atoms with Crippen molar-refractivity contribution in [3.05, 3.63) is 60.7 Å². The normalized spacial score (nSPS) is 12.1. The molecule has 1 rings (SSSR count). The van der Waals surface area contributed by atoms with E-state index < -0.39 is 0 Å². The Morgan fingerprint density at radius 3 is 1.46 bits per heavy atom. The minimum Gasteiger partial charge on any atom is -0.103 e. The van der Waals surface area contributed by atoms with Crippen molar-refractivity contribution >= 4 is 0 Å². The van der Waals surface area contributed by atoms with E-state index in [0.717, 1.165) is 25.7 Å². The second-order valence-electron chi connectivity index (χ2n) is 6.67. The van der Waals surface area contributed by atoms with Crippen LogP contribution in [0.2, 0.25) is 0 Å². The maximum absolute atomic E-state index is 3.89. The predicted molar refractivity (Wildman–Crippen MR) is 116 cm³/mol. The van der Waals surface area contributed by atoms with Gasteiger partial charge in [-0.1, -0.05) is 74.9 Å². The molecule has 138 valence electrons. The Balaban J connectivity index is 2.89. The summed E-state index contributed by atoms with van der Waals surface area (Å²) in [6, 6.07) is 8.84. The van der Waals surface area contributed by atoms with Gasteiger partial charge < -0.3 is 0 Å². The number of allylic oxidation sites excluding steroid dienone is 2. The minimum atomic E-state index is 0.242. The van der Waals surface area contributed by atoms with E-state index in [2.05, 4.69) is 75.0 Å². The molecule has 0 aliphatic rings. The molecule has 1 aromatic rings. The van der Waals surface area contributed by atoms with Crippen molar-refractivity contribution in [3.63, 3.8) is 0 Å². The summed E-state index contributed by atoms with van der Waals surface area (Å²) in [6.07, 6.45) is 12.4. The number of benzene rings is 1. The third kappa shape index (κ3) is 8.27. The first-order valence-corrected chi connectivity index (χ1v) is 10.0. The zero-order chi connectivity index (χ0) is 19.0. The lowest BCUT2D eigenvalue weighted by atomic mass is 9.91. The molecular formula is C26H34. The summed E-state index contributed by atoms with van der Waals surface area (Å²) >= 11 is 0. The Hall–Kier alpha value is -2.18. The molecule has 0 bridgehead atoms. The Morgan fingerprint density at radius 1 is 0.769 bits per heavy atom. The van der Waals surface area contributed by atoms with Crippen LogP contribution in [0.3, 0.4) is 0 Å². The monoisotopic (exact) mass is 346 g/mol. The molecule has 0 heteroatoms. The summed E-state index contributed by atoms with van der Waals surface area (Å²) in [5.41, 5.74) is 2.54. The molecule has 2 atom stereocenters. The molecule has 0 saturated carbocycles. The zero-order valence-electron chi connectivity index (χ0n) is 16.7. The average molecular weight is 347 g/mol. The molecule has 0 nitrogen and oxygen atoms in total. The van der Waals surface area contributed by atoms with Crippen LogP contribution in [0.25, 0.3) is 0 Å². The maximum atomic E-state index is 3.89. The number of unbranched alkanes of at least 4 members (excludes halogenated alkanes) is 4. The van der Waals surface area contributed by atoms with Gasteiger partial charge in [0.25, 0.3) is 0 Å². The fraction of sp³-hybridized carbons (Fsp3) is 0.462. The van der Waals surface area contributed by atoms with Crippen LogP contribution in [0.15, 0.2) is 49.6 Å². The van der Waals surface area contributed by atoms with Gasteiger partial charge in [-0.25, -0.2) is 0 Å². The Kier molecular flexibility index (Phi) is 11.8. The lowest BCUT2D eigenvalue weighted by Crippen LogP contribution is -1.98. The summed E-state index contributed by atoms with van der Waals surface area (Å²) in [6.45, 7) is 12.2. The molecule has 0 aromatic heterocycles. The first-order chi connectivity index (χ1) is 12.8. The van der Waals surface area contributed by atoms with Crippen molar-refractivity contribution in [1.29, 1.82) is 0 Å².